The van der Waals surface area contributed by atoms with Crippen LogP contribution in [0, 0.1) is 5.82 Å². The first-order valence-electron chi connectivity index (χ1n) is 8.24. The van der Waals surface area contributed by atoms with Crippen molar-refractivity contribution in [3.8, 4) is 0 Å². The van der Waals surface area contributed by atoms with Gasteiger partial charge in [-0.3, -0.25) is 9.69 Å². The first-order chi connectivity index (χ1) is 12.0. The fraction of sp³-hybridized carbons (Fsp3) is 0.316. The highest BCUT2D eigenvalue weighted by molar-refractivity contribution is 6.42. The van der Waals surface area contributed by atoms with E-state index in [2.05, 4.69) is 4.90 Å². The average Bonchev–Trinajstić information content (AvgIpc) is 2.84. The summed E-state index contributed by atoms with van der Waals surface area (Å²) in [5.41, 5.74) is 1.23. The lowest BCUT2D eigenvalue weighted by atomic mass is 10.2. The van der Waals surface area contributed by atoms with E-state index in [-0.39, 0.29) is 11.7 Å². The Hall–Kier alpha value is -1.62. The topological polar surface area (TPSA) is 23.6 Å². The van der Waals surface area contributed by atoms with Gasteiger partial charge in [-0.05, 0) is 30.7 Å². The summed E-state index contributed by atoms with van der Waals surface area (Å²) in [4.78, 5) is 16.7. The van der Waals surface area contributed by atoms with Gasteiger partial charge in [0.05, 0.1) is 10.0 Å². The zero-order chi connectivity index (χ0) is 17.8. The van der Waals surface area contributed by atoms with Crippen molar-refractivity contribution >= 4 is 29.1 Å². The van der Waals surface area contributed by atoms with Crippen molar-refractivity contribution in [2.24, 2.45) is 0 Å². The molecule has 3 nitrogen and oxygen atoms in total. The first kappa shape index (κ1) is 18.2. The Bertz CT molecular complexity index is 769. The number of rotatable bonds is 3. The monoisotopic (exact) mass is 380 g/mol. The number of hydrogen-bond acceptors (Lipinski definition) is 2. The van der Waals surface area contributed by atoms with Crippen molar-refractivity contribution in [3.05, 3.63) is 69.5 Å². The molecule has 0 saturated carbocycles. The number of carbonyl (C=O) groups excluding carboxylic acids is 1. The van der Waals surface area contributed by atoms with Crippen LogP contribution >= 0.6 is 23.2 Å². The van der Waals surface area contributed by atoms with Gasteiger partial charge in [0.15, 0.2) is 0 Å². The summed E-state index contributed by atoms with van der Waals surface area (Å²) in [6, 6.07) is 11.8. The van der Waals surface area contributed by atoms with Crippen molar-refractivity contribution < 1.29 is 9.18 Å². The molecule has 1 saturated heterocycles. The number of amides is 1. The molecule has 2 aromatic rings. The van der Waals surface area contributed by atoms with E-state index >= 15 is 0 Å². The molecule has 0 N–H and O–H groups in total. The van der Waals surface area contributed by atoms with E-state index in [1.807, 2.05) is 11.0 Å². The normalized spacial score (nSPS) is 15.9. The summed E-state index contributed by atoms with van der Waals surface area (Å²) < 4.78 is 13.8. The lowest BCUT2D eigenvalue weighted by Crippen LogP contribution is -2.35. The second kappa shape index (κ2) is 8.17. The molecule has 0 bridgehead atoms. The number of halogens is 3. The van der Waals surface area contributed by atoms with E-state index in [4.69, 9.17) is 23.2 Å². The smallest absolute Gasteiger partial charge is 0.253 e. The van der Waals surface area contributed by atoms with Crippen molar-refractivity contribution in [2.45, 2.75) is 13.0 Å². The van der Waals surface area contributed by atoms with Gasteiger partial charge in [0.25, 0.3) is 5.91 Å². The minimum Gasteiger partial charge on any atom is -0.337 e. The van der Waals surface area contributed by atoms with Crippen LogP contribution in [0.1, 0.15) is 22.3 Å². The molecule has 1 aliphatic heterocycles. The lowest BCUT2D eigenvalue weighted by molar-refractivity contribution is 0.0761. The van der Waals surface area contributed by atoms with Gasteiger partial charge < -0.3 is 4.90 Å². The summed E-state index contributed by atoms with van der Waals surface area (Å²) in [6.45, 7) is 3.38. The maximum Gasteiger partial charge on any atom is 0.253 e. The molecule has 6 heteroatoms. The van der Waals surface area contributed by atoms with Gasteiger partial charge in [0.1, 0.15) is 5.82 Å². The van der Waals surface area contributed by atoms with Crippen molar-refractivity contribution in [3.63, 3.8) is 0 Å². The van der Waals surface area contributed by atoms with Crippen LogP contribution in [0.2, 0.25) is 10.0 Å². The van der Waals surface area contributed by atoms with Crippen LogP contribution in [0.15, 0.2) is 42.5 Å². The van der Waals surface area contributed by atoms with Crippen molar-refractivity contribution in [2.75, 3.05) is 26.2 Å². The standard InChI is InChI=1S/C19H19Cl2FN2O/c20-16-7-6-14(12-17(16)21)19(25)24-9-3-8-23(10-11-24)13-15-4-1-2-5-18(15)22/h1-2,4-7,12H,3,8-11,13H2. The zero-order valence-corrected chi connectivity index (χ0v) is 15.2. The fourth-order valence-electron chi connectivity index (χ4n) is 3.01. The van der Waals surface area contributed by atoms with Crippen molar-refractivity contribution in [1.29, 1.82) is 0 Å². The molecule has 0 atom stereocenters. The molecule has 0 unspecified atom stereocenters. The molecule has 0 radical (unpaired) electrons. The molecular formula is C19H19Cl2FN2O. The lowest BCUT2D eigenvalue weighted by Gasteiger charge is -2.22. The van der Waals surface area contributed by atoms with Gasteiger partial charge in [0, 0.05) is 43.9 Å². The molecule has 0 aromatic heterocycles. The van der Waals surface area contributed by atoms with E-state index in [1.54, 1.807) is 30.3 Å². The van der Waals surface area contributed by atoms with E-state index in [0.717, 1.165) is 13.0 Å². The van der Waals surface area contributed by atoms with Crippen LogP contribution in [0.5, 0.6) is 0 Å². The summed E-state index contributed by atoms with van der Waals surface area (Å²) in [7, 11) is 0. The van der Waals surface area contributed by atoms with Crippen LogP contribution < -0.4 is 0 Å². The second-order valence-corrected chi connectivity index (χ2v) is 6.96. The zero-order valence-electron chi connectivity index (χ0n) is 13.7. The molecule has 25 heavy (non-hydrogen) atoms. The van der Waals surface area contributed by atoms with E-state index in [0.29, 0.717) is 47.4 Å². The van der Waals surface area contributed by atoms with Gasteiger partial charge in [0.2, 0.25) is 0 Å². The van der Waals surface area contributed by atoms with Crippen molar-refractivity contribution in [1.82, 2.24) is 9.80 Å². The predicted octanol–water partition coefficient (Wildman–Crippen LogP) is 4.48. The fourth-order valence-corrected chi connectivity index (χ4v) is 3.31. The third-order valence-electron chi connectivity index (χ3n) is 4.39. The number of benzene rings is 2. The Morgan fingerprint density at radius 3 is 2.56 bits per heavy atom. The Balaban J connectivity index is 1.64. The summed E-state index contributed by atoms with van der Waals surface area (Å²) in [5.74, 6) is -0.234. The predicted molar refractivity (Wildman–Crippen MR) is 98.7 cm³/mol. The van der Waals surface area contributed by atoms with Gasteiger partial charge in [-0.25, -0.2) is 4.39 Å². The second-order valence-electron chi connectivity index (χ2n) is 6.14. The average molecular weight is 381 g/mol. The van der Waals surface area contributed by atoms with Gasteiger partial charge in [-0.2, -0.15) is 0 Å². The summed E-state index contributed by atoms with van der Waals surface area (Å²) in [6.07, 6.45) is 0.849. The highest BCUT2D eigenvalue weighted by Crippen LogP contribution is 2.23. The van der Waals surface area contributed by atoms with Gasteiger partial charge in [-0.15, -0.1) is 0 Å². The van der Waals surface area contributed by atoms with Crippen LogP contribution in [0.25, 0.3) is 0 Å². The summed E-state index contributed by atoms with van der Waals surface area (Å²) >= 11 is 11.9. The molecule has 0 spiro atoms. The van der Waals surface area contributed by atoms with Crippen LogP contribution in [0.4, 0.5) is 4.39 Å². The van der Waals surface area contributed by atoms with Gasteiger partial charge in [-0.1, -0.05) is 41.4 Å². The van der Waals surface area contributed by atoms with Crippen LogP contribution in [-0.4, -0.2) is 41.9 Å². The molecule has 1 aliphatic rings. The molecule has 132 valence electrons. The largest absolute Gasteiger partial charge is 0.337 e. The minimum absolute atomic E-state index is 0.0497. The maximum atomic E-state index is 13.8. The Kier molecular flexibility index (Phi) is 5.94. The van der Waals surface area contributed by atoms with E-state index in [1.165, 1.54) is 6.07 Å². The van der Waals surface area contributed by atoms with E-state index in [9.17, 15) is 9.18 Å². The number of hydrogen-bond donors (Lipinski definition) is 0. The third kappa shape index (κ3) is 4.51. The molecular weight excluding hydrogens is 362 g/mol. The number of carbonyl (C=O) groups is 1. The first-order valence-corrected chi connectivity index (χ1v) is 9.00. The Morgan fingerprint density at radius 1 is 1.00 bits per heavy atom. The van der Waals surface area contributed by atoms with Gasteiger partial charge >= 0.3 is 0 Å². The maximum absolute atomic E-state index is 13.8. The van der Waals surface area contributed by atoms with Crippen LogP contribution in [-0.2, 0) is 6.54 Å². The van der Waals surface area contributed by atoms with Crippen LogP contribution in [0.3, 0.4) is 0 Å². The third-order valence-corrected chi connectivity index (χ3v) is 5.13. The molecule has 1 fully saturated rings. The quantitative estimate of drug-likeness (QED) is 0.783. The molecule has 3 rings (SSSR count). The Morgan fingerprint density at radius 2 is 1.80 bits per heavy atom. The molecule has 0 aliphatic carbocycles. The molecule has 1 heterocycles. The highest BCUT2D eigenvalue weighted by atomic mass is 35.5. The van der Waals surface area contributed by atoms with E-state index < -0.39 is 0 Å². The summed E-state index contributed by atoms with van der Waals surface area (Å²) in [5, 5.41) is 0.814. The SMILES string of the molecule is O=C(c1ccc(Cl)c(Cl)c1)N1CCCN(Cc2ccccc2F)CC1. The highest BCUT2D eigenvalue weighted by Gasteiger charge is 2.21. The number of nitrogens with zero attached hydrogens (tertiary/aromatic N) is 2. The molecule has 1 amide bonds. The minimum atomic E-state index is -0.185. The molecule has 2 aromatic carbocycles. The Labute approximate surface area is 156 Å².